The van der Waals surface area contributed by atoms with Gasteiger partial charge in [-0.3, -0.25) is 4.79 Å². The van der Waals surface area contributed by atoms with Crippen LogP contribution in [0.1, 0.15) is 21.5 Å². The van der Waals surface area contributed by atoms with Crippen molar-refractivity contribution in [2.45, 2.75) is 13.8 Å². The number of aryl methyl sites for hydroxylation is 2. The molecule has 70 valence electrons. The maximum absolute atomic E-state index is 11.4. The zero-order chi connectivity index (χ0) is 10.0. The van der Waals surface area contributed by atoms with Crippen LogP contribution in [0.15, 0.2) is 12.1 Å². The molecule has 0 unspecified atom stereocenters. The van der Waals surface area contributed by atoms with Crippen LogP contribution in [0, 0.1) is 13.8 Å². The van der Waals surface area contributed by atoms with Crippen molar-refractivity contribution in [3.63, 3.8) is 0 Å². The number of ketones is 1. The quantitative estimate of drug-likeness (QED) is 0.640. The lowest BCUT2D eigenvalue weighted by molar-refractivity contribution is 0.102. The molecule has 0 aliphatic heterocycles. The smallest absolute Gasteiger partial charge is 0.173 e. The van der Waals surface area contributed by atoms with E-state index in [-0.39, 0.29) is 11.5 Å². The van der Waals surface area contributed by atoms with Crippen LogP contribution in [-0.4, -0.2) is 16.2 Å². The zero-order valence-corrected chi connectivity index (χ0v) is 9.18. The lowest BCUT2D eigenvalue weighted by atomic mass is 9.99. The lowest BCUT2D eigenvalue weighted by Gasteiger charge is -2.07. The molecule has 1 rings (SSSR count). The first kappa shape index (κ1) is 10.3. The molecule has 0 aromatic heterocycles. The minimum absolute atomic E-state index is 0.0509. The monoisotopic (exact) mass is 242 g/mol. The van der Waals surface area contributed by atoms with E-state index in [4.69, 9.17) is 0 Å². The van der Waals surface area contributed by atoms with Gasteiger partial charge >= 0.3 is 0 Å². The molecule has 0 bridgehead atoms. The summed E-state index contributed by atoms with van der Waals surface area (Å²) in [6.45, 7) is 3.64. The van der Waals surface area contributed by atoms with E-state index in [1.807, 2.05) is 13.8 Å². The average molecular weight is 243 g/mol. The van der Waals surface area contributed by atoms with E-state index in [0.717, 1.165) is 11.1 Å². The third-order valence-electron chi connectivity index (χ3n) is 1.92. The fourth-order valence-corrected chi connectivity index (χ4v) is 1.73. The molecule has 0 saturated carbocycles. The van der Waals surface area contributed by atoms with Crippen molar-refractivity contribution in [2.24, 2.45) is 0 Å². The van der Waals surface area contributed by atoms with Crippen LogP contribution >= 0.6 is 15.9 Å². The Morgan fingerprint density at radius 2 is 1.85 bits per heavy atom. The molecular formula is C10H11BrO2. The summed E-state index contributed by atoms with van der Waals surface area (Å²) in [5, 5.41) is 9.57. The van der Waals surface area contributed by atoms with Crippen molar-refractivity contribution < 1.29 is 9.90 Å². The summed E-state index contributed by atoms with van der Waals surface area (Å²) in [7, 11) is 0. The molecule has 0 fully saturated rings. The van der Waals surface area contributed by atoms with Crippen molar-refractivity contribution in [3.8, 4) is 5.75 Å². The molecule has 1 aromatic rings. The first-order valence-electron chi connectivity index (χ1n) is 3.95. The first-order valence-corrected chi connectivity index (χ1v) is 5.07. The molecular weight excluding hydrogens is 232 g/mol. The van der Waals surface area contributed by atoms with Gasteiger partial charge in [0.25, 0.3) is 0 Å². The van der Waals surface area contributed by atoms with Crippen LogP contribution in [0.3, 0.4) is 0 Å². The standard InChI is InChI=1S/C10H11BrO2/c1-6-3-8(12)4-7(2)10(6)9(13)5-11/h3-4,12H,5H2,1-2H3. The molecule has 0 aliphatic carbocycles. The number of Topliss-reactive ketones (excluding diaryl/α,β-unsaturated/α-hetero) is 1. The van der Waals surface area contributed by atoms with Crippen LogP contribution < -0.4 is 0 Å². The predicted octanol–water partition coefficient (Wildman–Crippen LogP) is 2.59. The summed E-state index contributed by atoms with van der Waals surface area (Å²) in [5.74, 6) is 0.260. The van der Waals surface area contributed by atoms with E-state index in [0.29, 0.717) is 10.9 Å². The van der Waals surface area contributed by atoms with Gasteiger partial charge < -0.3 is 5.11 Å². The highest BCUT2D eigenvalue weighted by Crippen LogP contribution is 2.21. The highest BCUT2D eigenvalue weighted by molar-refractivity contribution is 9.09. The number of aromatic hydroxyl groups is 1. The van der Waals surface area contributed by atoms with Gasteiger partial charge in [-0.05, 0) is 37.1 Å². The van der Waals surface area contributed by atoms with E-state index in [1.165, 1.54) is 0 Å². The van der Waals surface area contributed by atoms with Crippen LogP contribution in [0.4, 0.5) is 0 Å². The third kappa shape index (κ3) is 2.10. The number of carbonyl (C=O) groups excluding carboxylic acids is 1. The summed E-state index contributed by atoms with van der Waals surface area (Å²) in [5.41, 5.74) is 2.35. The van der Waals surface area contributed by atoms with Gasteiger partial charge in [-0.25, -0.2) is 0 Å². The first-order chi connectivity index (χ1) is 6.06. The minimum atomic E-state index is 0.0509. The number of hydrogen-bond donors (Lipinski definition) is 1. The van der Waals surface area contributed by atoms with Crippen molar-refractivity contribution in [3.05, 3.63) is 28.8 Å². The Hall–Kier alpha value is -0.830. The van der Waals surface area contributed by atoms with Gasteiger partial charge in [-0.1, -0.05) is 15.9 Å². The second-order valence-corrected chi connectivity index (χ2v) is 3.57. The van der Waals surface area contributed by atoms with E-state index < -0.39 is 0 Å². The number of halogens is 1. The molecule has 0 saturated heterocycles. The van der Waals surface area contributed by atoms with Crippen molar-refractivity contribution in [2.75, 3.05) is 5.33 Å². The second kappa shape index (κ2) is 3.92. The molecule has 0 heterocycles. The Kier molecular flexibility index (Phi) is 3.09. The van der Waals surface area contributed by atoms with Gasteiger partial charge in [0, 0.05) is 5.56 Å². The summed E-state index contributed by atoms with van der Waals surface area (Å²) < 4.78 is 0. The molecule has 2 nitrogen and oxygen atoms in total. The number of benzene rings is 1. The van der Waals surface area contributed by atoms with Gasteiger partial charge in [0.05, 0.1) is 5.33 Å². The Bertz CT molecular complexity index is 322. The maximum Gasteiger partial charge on any atom is 0.173 e. The fourth-order valence-electron chi connectivity index (χ4n) is 1.45. The van der Waals surface area contributed by atoms with Crippen molar-refractivity contribution in [1.82, 2.24) is 0 Å². The number of phenolic OH excluding ortho intramolecular Hbond substituents is 1. The normalized spacial score (nSPS) is 10.1. The number of hydrogen-bond acceptors (Lipinski definition) is 2. The Morgan fingerprint density at radius 1 is 1.38 bits per heavy atom. The number of alkyl halides is 1. The summed E-state index contributed by atoms with van der Waals surface area (Å²) in [6.07, 6.45) is 0. The molecule has 0 spiro atoms. The van der Waals surface area contributed by atoms with Gasteiger partial charge in [0.15, 0.2) is 5.78 Å². The number of carbonyl (C=O) groups is 1. The SMILES string of the molecule is Cc1cc(O)cc(C)c1C(=O)CBr. The minimum Gasteiger partial charge on any atom is -0.508 e. The summed E-state index contributed by atoms with van der Waals surface area (Å²) >= 11 is 3.13. The van der Waals surface area contributed by atoms with Gasteiger partial charge in [0.1, 0.15) is 5.75 Å². The third-order valence-corrected chi connectivity index (χ3v) is 2.43. The van der Waals surface area contributed by atoms with Crippen LogP contribution in [0.25, 0.3) is 0 Å². The molecule has 0 radical (unpaired) electrons. The van der Waals surface area contributed by atoms with Crippen LogP contribution in [0.2, 0.25) is 0 Å². The molecule has 3 heteroatoms. The maximum atomic E-state index is 11.4. The second-order valence-electron chi connectivity index (χ2n) is 3.01. The lowest BCUT2D eigenvalue weighted by Crippen LogP contribution is -2.05. The van der Waals surface area contributed by atoms with E-state index in [2.05, 4.69) is 15.9 Å². The number of rotatable bonds is 2. The zero-order valence-electron chi connectivity index (χ0n) is 7.60. The van der Waals surface area contributed by atoms with Gasteiger partial charge in [-0.2, -0.15) is 0 Å². The largest absolute Gasteiger partial charge is 0.508 e. The molecule has 1 N–H and O–H groups in total. The van der Waals surface area contributed by atoms with E-state index >= 15 is 0 Å². The van der Waals surface area contributed by atoms with Gasteiger partial charge in [0.2, 0.25) is 0 Å². The van der Waals surface area contributed by atoms with Crippen molar-refractivity contribution >= 4 is 21.7 Å². The highest BCUT2D eigenvalue weighted by Gasteiger charge is 2.11. The Balaban J connectivity index is 3.28. The summed E-state index contributed by atoms with van der Waals surface area (Å²) in [4.78, 5) is 11.4. The van der Waals surface area contributed by atoms with Crippen LogP contribution in [0.5, 0.6) is 5.75 Å². The average Bonchev–Trinajstić information content (AvgIpc) is 2.02. The molecule has 1 aromatic carbocycles. The molecule has 0 atom stereocenters. The number of phenols is 1. The Labute approximate surface area is 85.7 Å². The molecule has 0 amide bonds. The fraction of sp³-hybridized carbons (Fsp3) is 0.300. The van der Waals surface area contributed by atoms with Crippen LogP contribution in [-0.2, 0) is 0 Å². The topological polar surface area (TPSA) is 37.3 Å². The molecule has 0 aliphatic rings. The van der Waals surface area contributed by atoms with Crippen molar-refractivity contribution in [1.29, 1.82) is 0 Å². The van der Waals surface area contributed by atoms with E-state index in [1.54, 1.807) is 12.1 Å². The predicted molar refractivity (Wildman–Crippen MR) is 55.7 cm³/mol. The molecule has 13 heavy (non-hydrogen) atoms. The van der Waals surface area contributed by atoms with Gasteiger partial charge in [-0.15, -0.1) is 0 Å². The Morgan fingerprint density at radius 3 is 2.23 bits per heavy atom. The highest BCUT2D eigenvalue weighted by atomic mass is 79.9. The summed E-state index contributed by atoms with van der Waals surface area (Å²) in [6, 6.07) is 3.20. The van der Waals surface area contributed by atoms with E-state index in [9.17, 15) is 9.90 Å².